The fourth-order valence-corrected chi connectivity index (χ4v) is 2.70. The summed E-state index contributed by atoms with van der Waals surface area (Å²) in [6, 6.07) is 16.9. The second kappa shape index (κ2) is 6.81. The van der Waals surface area contributed by atoms with Crippen LogP contribution >= 0.6 is 11.6 Å². The minimum Gasteiger partial charge on any atom is -0.455 e. The lowest BCUT2D eigenvalue weighted by Gasteiger charge is -2.15. The van der Waals surface area contributed by atoms with Crippen molar-refractivity contribution in [1.82, 2.24) is 0 Å². The van der Waals surface area contributed by atoms with Gasteiger partial charge in [-0.15, -0.1) is 0 Å². The van der Waals surface area contributed by atoms with Crippen LogP contribution in [-0.2, 0) is 4.74 Å². The number of nitrogens with one attached hydrogen (secondary N) is 1. The van der Waals surface area contributed by atoms with Crippen LogP contribution in [0, 0.1) is 6.92 Å². The Hall–Kier alpha value is -2.72. The SMILES string of the molecule is COC(=O)Nc1cc(Oc2ccccc2C)c(Cl)c2ccccc12. The van der Waals surface area contributed by atoms with Crippen molar-refractivity contribution in [3.8, 4) is 11.5 Å². The van der Waals surface area contributed by atoms with Gasteiger partial charge in [0, 0.05) is 16.8 Å². The van der Waals surface area contributed by atoms with Gasteiger partial charge < -0.3 is 9.47 Å². The number of anilines is 1. The molecule has 0 unspecified atom stereocenters. The molecule has 3 aromatic carbocycles. The van der Waals surface area contributed by atoms with E-state index in [0.29, 0.717) is 22.2 Å². The van der Waals surface area contributed by atoms with Gasteiger partial charge in [0.05, 0.1) is 17.8 Å². The first-order valence-corrected chi connectivity index (χ1v) is 7.77. The van der Waals surface area contributed by atoms with Crippen molar-refractivity contribution in [2.24, 2.45) is 0 Å². The van der Waals surface area contributed by atoms with E-state index >= 15 is 0 Å². The van der Waals surface area contributed by atoms with Gasteiger partial charge in [0.25, 0.3) is 0 Å². The Labute approximate surface area is 145 Å². The fourth-order valence-electron chi connectivity index (χ4n) is 2.44. The van der Waals surface area contributed by atoms with Crippen LogP contribution in [0.2, 0.25) is 5.02 Å². The van der Waals surface area contributed by atoms with Crippen molar-refractivity contribution in [3.05, 3.63) is 65.2 Å². The number of aryl methyl sites for hydroxylation is 1. The zero-order chi connectivity index (χ0) is 17.1. The summed E-state index contributed by atoms with van der Waals surface area (Å²) >= 11 is 6.52. The van der Waals surface area contributed by atoms with E-state index in [1.807, 2.05) is 55.5 Å². The van der Waals surface area contributed by atoms with Crippen molar-refractivity contribution < 1.29 is 14.3 Å². The first kappa shape index (κ1) is 16.1. The second-order valence-electron chi connectivity index (χ2n) is 5.27. The zero-order valence-corrected chi connectivity index (χ0v) is 14.1. The zero-order valence-electron chi connectivity index (χ0n) is 13.3. The highest BCUT2D eigenvalue weighted by atomic mass is 35.5. The third kappa shape index (κ3) is 3.14. The van der Waals surface area contributed by atoms with Crippen LogP contribution < -0.4 is 10.1 Å². The van der Waals surface area contributed by atoms with Gasteiger partial charge in [-0.25, -0.2) is 4.79 Å². The lowest BCUT2D eigenvalue weighted by molar-refractivity contribution is 0.187. The quantitative estimate of drug-likeness (QED) is 0.657. The number of rotatable bonds is 3. The number of ether oxygens (including phenoxy) is 2. The summed E-state index contributed by atoms with van der Waals surface area (Å²) in [6.45, 7) is 1.96. The summed E-state index contributed by atoms with van der Waals surface area (Å²) in [5.74, 6) is 1.18. The highest BCUT2D eigenvalue weighted by Crippen LogP contribution is 2.40. The third-order valence-corrected chi connectivity index (χ3v) is 4.07. The Bertz CT molecular complexity index is 908. The minimum absolute atomic E-state index is 0.469. The van der Waals surface area contributed by atoms with Crippen LogP contribution in [0.1, 0.15) is 5.56 Å². The molecule has 0 saturated carbocycles. The van der Waals surface area contributed by atoms with E-state index in [9.17, 15) is 4.79 Å². The minimum atomic E-state index is -0.552. The summed E-state index contributed by atoms with van der Waals surface area (Å²) < 4.78 is 10.7. The van der Waals surface area contributed by atoms with Crippen LogP contribution in [-0.4, -0.2) is 13.2 Å². The van der Waals surface area contributed by atoms with Crippen molar-refractivity contribution in [1.29, 1.82) is 0 Å². The van der Waals surface area contributed by atoms with E-state index in [1.165, 1.54) is 7.11 Å². The van der Waals surface area contributed by atoms with Gasteiger partial charge in [-0.05, 0) is 18.6 Å². The maximum Gasteiger partial charge on any atom is 0.411 e. The predicted octanol–water partition coefficient (Wildman–Crippen LogP) is 5.77. The Balaban J connectivity index is 2.12. The van der Waals surface area contributed by atoms with Crippen molar-refractivity contribution in [2.75, 3.05) is 12.4 Å². The molecule has 122 valence electrons. The number of para-hydroxylation sites is 1. The number of benzene rings is 3. The molecule has 0 bridgehead atoms. The number of amides is 1. The number of halogens is 1. The van der Waals surface area contributed by atoms with E-state index in [4.69, 9.17) is 16.3 Å². The van der Waals surface area contributed by atoms with E-state index in [0.717, 1.165) is 16.3 Å². The molecule has 3 aromatic rings. The molecule has 24 heavy (non-hydrogen) atoms. The smallest absolute Gasteiger partial charge is 0.411 e. The molecule has 0 atom stereocenters. The summed E-state index contributed by atoms with van der Waals surface area (Å²) in [5.41, 5.74) is 1.56. The van der Waals surface area contributed by atoms with Gasteiger partial charge in [0.2, 0.25) is 0 Å². The Kier molecular flexibility index (Phi) is 4.58. The molecule has 0 aromatic heterocycles. The van der Waals surface area contributed by atoms with Gasteiger partial charge in [0.15, 0.2) is 0 Å². The first-order valence-electron chi connectivity index (χ1n) is 7.40. The maximum absolute atomic E-state index is 11.6. The molecule has 3 rings (SSSR count). The van der Waals surface area contributed by atoms with Gasteiger partial charge in [0.1, 0.15) is 11.5 Å². The molecule has 1 amide bonds. The normalized spacial score (nSPS) is 10.5. The molecule has 0 radical (unpaired) electrons. The van der Waals surface area contributed by atoms with Crippen LogP contribution in [0.3, 0.4) is 0 Å². The molecule has 0 saturated heterocycles. The number of carbonyl (C=O) groups excluding carboxylic acids is 1. The van der Waals surface area contributed by atoms with Gasteiger partial charge >= 0.3 is 6.09 Å². The molecule has 0 aliphatic rings. The average molecular weight is 342 g/mol. The van der Waals surface area contributed by atoms with Crippen molar-refractivity contribution in [3.63, 3.8) is 0 Å². The summed E-state index contributed by atoms with van der Waals surface area (Å²) in [6.07, 6.45) is -0.552. The topological polar surface area (TPSA) is 47.6 Å². The van der Waals surface area contributed by atoms with Crippen LogP contribution in [0.5, 0.6) is 11.5 Å². The Morgan fingerprint density at radius 2 is 1.67 bits per heavy atom. The molecule has 0 heterocycles. The summed E-state index contributed by atoms with van der Waals surface area (Å²) in [7, 11) is 1.32. The van der Waals surface area contributed by atoms with E-state index in [1.54, 1.807) is 6.07 Å². The molecule has 0 spiro atoms. The number of carbonyl (C=O) groups is 1. The Morgan fingerprint density at radius 3 is 2.38 bits per heavy atom. The van der Waals surface area contributed by atoms with Gasteiger partial charge in [-0.1, -0.05) is 54.1 Å². The molecule has 0 aliphatic carbocycles. The van der Waals surface area contributed by atoms with E-state index < -0.39 is 6.09 Å². The van der Waals surface area contributed by atoms with E-state index in [-0.39, 0.29) is 0 Å². The van der Waals surface area contributed by atoms with E-state index in [2.05, 4.69) is 10.1 Å². The van der Waals surface area contributed by atoms with Crippen molar-refractivity contribution in [2.45, 2.75) is 6.92 Å². The number of methoxy groups -OCH3 is 1. The third-order valence-electron chi connectivity index (χ3n) is 3.68. The average Bonchev–Trinajstić information content (AvgIpc) is 2.60. The lowest BCUT2D eigenvalue weighted by atomic mass is 10.1. The molecular formula is C19H16ClNO3. The van der Waals surface area contributed by atoms with Crippen LogP contribution in [0.4, 0.5) is 10.5 Å². The monoisotopic (exact) mass is 341 g/mol. The second-order valence-corrected chi connectivity index (χ2v) is 5.64. The highest BCUT2D eigenvalue weighted by Gasteiger charge is 2.14. The molecule has 0 fully saturated rings. The van der Waals surface area contributed by atoms with Gasteiger partial charge in [-0.3, -0.25) is 5.32 Å². The standard InChI is InChI=1S/C19H16ClNO3/c1-12-7-3-6-10-16(12)24-17-11-15(21-19(22)23-2)13-8-4-5-9-14(13)18(17)20/h3-11H,1-2H3,(H,21,22). The highest BCUT2D eigenvalue weighted by molar-refractivity contribution is 6.37. The molecule has 0 aliphatic heterocycles. The largest absolute Gasteiger partial charge is 0.455 e. The number of hydrogen-bond donors (Lipinski definition) is 1. The lowest BCUT2D eigenvalue weighted by Crippen LogP contribution is -2.11. The molecule has 5 heteroatoms. The molecule has 4 nitrogen and oxygen atoms in total. The van der Waals surface area contributed by atoms with Gasteiger partial charge in [-0.2, -0.15) is 0 Å². The number of fused-ring (bicyclic) bond motifs is 1. The van der Waals surface area contributed by atoms with Crippen LogP contribution in [0.25, 0.3) is 10.8 Å². The number of hydrogen-bond acceptors (Lipinski definition) is 3. The molecule has 1 N–H and O–H groups in total. The summed E-state index contributed by atoms with van der Waals surface area (Å²) in [4.78, 5) is 11.6. The van der Waals surface area contributed by atoms with Crippen molar-refractivity contribution >= 4 is 34.2 Å². The molecular weight excluding hydrogens is 326 g/mol. The predicted molar refractivity (Wildman–Crippen MR) is 96.2 cm³/mol. The van der Waals surface area contributed by atoms with Crippen LogP contribution in [0.15, 0.2) is 54.6 Å². The maximum atomic E-state index is 11.6. The fraction of sp³-hybridized carbons (Fsp3) is 0.105. The summed E-state index contributed by atoms with van der Waals surface area (Å²) in [5, 5.41) is 4.79. The first-order chi connectivity index (χ1) is 11.6. The Morgan fingerprint density at radius 1 is 1.00 bits per heavy atom.